The van der Waals surface area contributed by atoms with Crippen LogP contribution in [-0.2, 0) is 32.3 Å². The summed E-state index contributed by atoms with van der Waals surface area (Å²) in [6, 6.07) is 15.2. The van der Waals surface area contributed by atoms with Gasteiger partial charge < -0.3 is 15.0 Å². The van der Waals surface area contributed by atoms with E-state index in [4.69, 9.17) is 16.3 Å². The third-order valence-corrected chi connectivity index (χ3v) is 8.20. The van der Waals surface area contributed by atoms with Crippen molar-refractivity contribution in [1.29, 1.82) is 0 Å². The number of hydrogen-bond donors (Lipinski definition) is 1. The molecule has 2 amide bonds. The highest BCUT2D eigenvalue weighted by molar-refractivity contribution is 7.92. The van der Waals surface area contributed by atoms with E-state index in [0.717, 1.165) is 17.0 Å². The number of nitrogens with zero attached hydrogens (tertiary/aromatic N) is 2. The molecule has 0 bridgehead atoms. The van der Waals surface area contributed by atoms with Gasteiger partial charge in [0.1, 0.15) is 18.3 Å². The number of anilines is 1. The largest absolute Gasteiger partial charge is 0.497 e. The number of halogens is 4. The third-order valence-electron chi connectivity index (χ3n) is 6.08. The molecule has 1 atom stereocenters. The maximum atomic E-state index is 13.7. The molecule has 0 saturated heterocycles. The highest BCUT2D eigenvalue weighted by atomic mass is 35.5. The highest BCUT2D eigenvalue weighted by Crippen LogP contribution is 2.38. The first-order valence-electron chi connectivity index (χ1n) is 11.9. The van der Waals surface area contributed by atoms with Gasteiger partial charge in [0, 0.05) is 13.6 Å². The van der Waals surface area contributed by atoms with Crippen LogP contribution in [0.15, 0.2) is 77.7 Å². The van der Waals surface area contributed by atoms with Crippen molar-refractivity contribution in [3.05, 3.63) is 88.9 Å². The molecule has 40 heavy (non-hydrogen) atoms. The van der Waals surface area contributed by atoms with Crippen molar-refractivity contribution in [2.24, 2.45) is 0 Å². The smallest absolute Gasteiger partial charge is 0.417 e. The molecule has 0 aliphatic heterocycles. The number of benzene rings is 3. The molecule has 0 aromatic heterocycles. The quantitative estimate of drug-likeness (QED) is 0.365. The Morgan fingerprint density at radius 3 is 2.20 bits per heavy atom. The maximum Gasteiger partial charge on any atom is 0.417 e. The maximum absolute atomic E-state index is 13.7. The van der Waals surface area contributed by atoms with Crippen LogP contribution in [0.4, 0.5) is 18.9 Å². The minimum Gasteiger partial charge on any atom is -0.497 e. The van der Waals surface area contributed by atoms with Crippen molar-refractivity contribution in [1.82, 2.24) is 10.2 Å². The number of methoxy groups -OCH3 is 1. The summed E-state index contributed by atoms with van der Waals surface area (Å²) in [6.45, 7) is 0.471. The minimum absolute atomic E-state index is 0.0922. The fourth-order valence-corrected chi connectivity index (χ4v) is 5.50. The molecular weight excluding hydrogens is 571 g/mol. The summed E-state index contributed by atoms with van der Waals surface area (Å²) < 4.78 is 74.0. The number of carbonyl (C=O) groups excluding carboxylic acids is 2. The fourth-order valence-electron chi connectivity index (χ4n) is 3.85. The summed E-state index contributed by atoms with van der Waals surface area (Å²) in [6.07, 6.45) is -4.88. The van der Waals surface area contributed by atoms with Gasteiger partial charge in [0.15, 0.2) is 0 Å². The second-order valence-corrected chi connectivity index (χ2v) is 10.9. The Balaban J connectivity index is 2.09. The van der Waals surface area contributed by atoms with Crippen molar-refractivity contribution in [3.8, 4) is 5.75 Å². The van der Waals surface area contributed by atoms with Crippen LogP contribution < -0.4 is 14.4 Å². The molecule has 3 aromatic carbocycles. The van der Waals surface area contributed by atoms with Crippen LogP contribution in [0, 0.1) is 0 Å². The van der Waals surface area contributed by atoms with Gasteiger partial charge in [-0.2, -0.15) is 13.2 Å². The van der Waals surface area contributed by atoms with Gasteiger partial charge in [-0.05, 0) is 55.0 Å². The first-order valence-corrected chi connectivity index (χ1v) is 13.7. The molecule has 0 heterocycles. The number of likely N-dealkylation sites (N-methyl/N-ethyl adjacent to an activating group) is 1. The van der Waals surface area contributed by atoms with Crippen LogP contribution in [0.2, 0.25) is 5.02 Å². The van der Waals surface area contributed by atoms with Gasteiger partial charge in [0.2, 0.25) is 11.8 Å². The van der Waals surface area contributed by atoms with E-state index in [0.29, 0.717) is 21.7 Å². The van der Waals surface area contributed by atoms with E-state index < -0.39 is 56.9 Å². The lowest BCUT2D eigenvalue weighted by molar-refractivity contribution is -0.139. The van der Waals surface area contributed by atoms with Gasteiger partial charge >= 0.3 is 6.18 Å². The summed E-state index contributed by atoms with van der Waals surface area (Å²) in [4.78, 5) is 27.1. The number of ether oxygens (including phenoxy) is 1. The van der Waals surface area contributed by atoms with E-state index >= 15 is 0 Å². The molecule has 1 N–H and O–H groups in total. The number of rotatable bonds is 10. The predicted octanol–water partition coefficient (Wildman–Crippen LogP) is 4.73. The Bertz CT molecular complexity index is 1450. The molecule has 0 radical (unpaired) electrons. The van der Waals surface area contributed by atoms with Crippen molar-refractivity contribution in [3.63, 3.8) is 0 Å². The predicted molar refractivity (Wildman–Crippen MR) is 145 cm³/mol. The second-order valence-electron chi connectivity index (χ2n) is 8.65. The summed E-state index contributed by atoms with van der Waals surface area (Å²) in [5, 5.41) is 1.82. The molecule has 3 rings (SSSR count). The van der Waals surface area contributed by atoms with Crippen LogP contribution in [0.5, 0.6) is 5.75 Å². The average molecular weight is 598 g/mol. The molecule has 0 aliphatic rings. The first kappa shape index (κ1) is 30.8. The topological polar surface area (TPSA) is 96.0 Å². The van der Waals surface area contributed by atoms with Crippen LogP contribution in [0.3, 0.4) is 0 Å². The zero-order valence-corrected chi connectivity index (χ0v) is 23.3. The van der Waals surface area contributed by atoms with E-state index in [1.807, 2.05) is 0 Å². The number of nitrogens with one attached hydrogen (secondary N) is 1. The lowest BCUT2D eigenvalue weighted by Crippen LogP contribution is -2.50. The summed E-state index contributed by atoms with van der Waals surface area (Å²) in [5.74, 6) is -0.788. The molecule has 214 valence electrons. The monoisotopic (exact) mass is 597 g/mol. The van der Waals surface area contributed by atoms with Gasteiger partial charge in [-0.25, -0.2) is 8.42 Å². The van der Waals surface area contributed by atoms with E-state index in [-0.39, 0.29) is 11.4 Å². The normalized spacial score (nSPS) is 12.4. The Morgan fingerprint density at radius 1 is 1.02 bits per heavy atom. The lowest BCUT2D eigenvalue weighted by atomic mass is 10.1. The molecular formula is C27H27ClF3N3O5S. The van der Waals surface area contributed by atoms with Crippen LogP contribution >= 0.6 is 11.6 Å². The standard InChI is InChI=1S/C27H27ClF3N3O5S/c1-18(26(36)32-2)33(16-19-9-12-21(39-3)13-10-19)25(35)17-34(40(37,38)22-7-5-4-6-8-22)20-11-14-24(28)23(15-20)27(29,30)31/h4-15,18H,16-17H2,1-3H3,(H,32,36). The number of sulfonamides is 1. The number of carbonyl (C=O) groups is 2. The van der Waals surface area contributed by atoms with E-state index in [1.54, 1.807) is 30.3 Å². The average Bonchev–Trinajstić information content (AvgIpc) is 2.94. The third kappa shape index (κ3) is 7.05. The zero-order chi connectivity index (χ0) is 29.7. The number of alkyl halides is 3. The summed E-state index contributed by atoms with van der Waals surface area (Å²) in [5.41, 5.74) is -1.08. The molecule has 13 heteroatoms. The van der Waals surface area contributed by atoms with Crippen molar-refractivity contribution < 1.29 is 35.9 Å². The fraction of sp³-hybridized carbons (Fsp3) is 0.259. The van der Waals surface area contributed by atoms with Crippen LogP contribution in [0.1, 0.15) is 18.1 Å². The minimum atomic E-state index is -4.88. The van der Waals surface area contributed by atoms with E-state index in [1.165, 1.54) is 45.3 Å². The highest BCUT2D eigenvalue weighted by Gasteiger charge is 2.36. The van der Waals surface area contributed by atoms with Gasteiger partial charge in [0.25, 0.3) is 10.0 Å². The molecule has 8 nitrogen and oxygen atoms in total. The summed E-state index contributed by atoms with van der Waals surface area (Å²) in [7, 11) is -1.66. The van der Waals surface area contributed by atoms with Crippen LogP contribution in [-0.4, -0.2) is 51.9 Å². The Labute approximate surface area is 235 Å². The van der Waals surface area contributed by atoms with Crippen molar-refractivity contribution in [2.75, 3.05) is 25.0 Å². The van der Waals surface area contributed by atoms with Gasteiger partial charge in [-0.3, -0.25) is 13.9 Å². The Morgan fingerprint density at radius 2 is 1.65 bits per heavy atom. The van der Waals surface area contributed by atoms with Crippen LogP contribution in [0.25, 0.3) is 0 Å². The molecule has 1 unspecified atom stereocenters. The SMILES string of the molecule is CNC(=O)C(C)N(Cc1ccc(OC)cc1)C(=O)CN(c1ccc(Cl)c(C(F)(F)F)c1)S(=O)(=O)c1ccccc1. The summed E-state index contributed by atoms with van der Waals surface area (Å²) >= 11 is 5.76. The number of amides is 2. The Hall–Kier alpha value is -3.77. The van der Waals surface area contributed by atoms with Gasteiger partial charge in [-0.15, -0.1) is 0 Å². The van der Waals surface area contributed by atoms with Gasteiger partial charge in [0.05, 0.1) is 28.3 Å². The second kappa shape index (κ2) is 12.6. The Kier molecular flexibility index (Phi) is 9.69. The van der Waals surface area contributed by atoms with Crippen molar-refractivity contribution >= 4 is 39.1 Å². The van der Waals surface area contributed by atoms with Crippen molar-refractivity contribution in [2.45, 2.75) is 30.6 Å². The van der Waals surface area contributed by atoms with Gasteiger partial charge in [-0.1, -0.05) is 41.9 Å². The van der Waals surface area contributed by atoms with E-state index in [2.05, 4.69) is 5.32 Å². The molecule has 0 spiro atoms. The first-order chi connectivity index (χ1) is 18.8. The zero-order valence-electron chi connectivity index (χ0n) is 21.8. The number of hydrogen-bond acceptors (Lipinski definition) is 5. The molecule has 0 saturated carbocycles. The molecule has 0 aliphatic carbocycles. The lowest BCUT2D eigenvalue weighted by Gasteiger charge is -2.32. The molecule has 3 aromatic rings. The molecule has 0 fully saturated rings. The van der Waals surface area contributed by atoms with E-state index in [9.17, 15) is 31.2 Å².